The Hall–Kier alpha value is -0.770. The minimum atomic E-state index is -0.942. The summed E-state index contributed by atoms with van der Waals surface area (Å²) in [7, 11) is 0. The highest BCUT2D eigenvalue weighted by Gasteiger charge is 2.35. The zero-order chi connectivity index (χ0) is 10.0. The van der Waals surface area contributed by atoms with E-state index in [1.807, 2.05) is 0 Å². The van der Waals surface area contributed by atoms with Gasteiger partial charge < -0.3 is 10.0 Å². The van der Waals surface area contributed by atoms with Crippen molar-refractivity contribution in [3.8, 4) is 0 Å². The van der Waals surface area contributed by atoms with Gasteiger partial charge in [0, 0.05) is 6.54 Å². The van der Waals surface area contributed by atoms with Crippen molar-refractivity contribution in [2.75, 3.05) is 6.54 Å². The van der Waals surface area contributed by atoms with Crippen molar-refractivity contribution in [3.63, 3.8) is 0 Å². The van der Waals surface area contributed by atoms with Gasteiger partial charge in [-0.15, -0.1) is 11.6 Å². The van der Waals surface area contributed by atoms with E-state index in [2.05, 4.69) is 0 Å². The second kappa shape index (κ2) is 3.96. The lowest BCUT2D eigenvalue weighted by molar-refractivity contribution is -0.147. The Morgan fingerprint density at radius 2 is 2.23 bits per heavy atom. The van der Waals surface area contributed by atoms with Gasteiger partial charge >= 0.3 is 5.97 Å². The highest BCUT2D eigenvalue weighted by atomic mass is 35.5. The van der Waals surface area contributed by atoms with Crippen molar-refractivity contribution in [1.29, 1.82) is 0 Å². The van der Waals surface area contributed by atoms with Gasteiger partial charge in [0.15, 0.2) is 0 Å². The van der Waals surface area contributed by atoms with Crippen LogP contribution in [0, 0.1) is 0 Å². The summed E-state index contributed by atoms with van der Waals surface area (Å²) in [5.41, 5.74) is 0. The quantitative estimate of drug-likeness (QED) is 0.675. The van der Waals surface area contributed by atoms with E-state index in [9.17, 15) is 9.59 Å². The number of carbonyl (C=O) groups is 2. The summed E-state index contributed by atoms with van der Waals surface area (Å²) >= 11 is 5.59. The Kier molecular flexibility index (Phi) is 3.14. The summed E-state index contributed by atoms with van der Waals surface area (Å²) in [4.78, 5) is 23.4. The van der Waals surface area contributed by atoms with Crippen molar-refractivity contribution < 1.29 is 14.7 Å². The smallest absolute Gasteiger partial charge is 0.326 e. The molecule has 0 saturated carbocycles. The number of aliphatic carboxylic acids is 1. The van der Waals surface area contributed by atoms with Crippen LogP contribution in [0.1, 0.15) is 19.8 Å². The molecule has 4 nitrogen and oxygen atoms in total. The van der Waals surface area contributed by atoms with Crippen LogP contribution in [0.25, 0.3) is 0 Å². The lowest BCUT2D eigenvalue weighted by Gasteiger charge is -2.22. The number of hydrogen-bond acceptors (Lipinski definition) is 2. The van der Waals surface area contributed by atoms with Gasteiger partial charge in [-0.1, -0.05) is 0 Å². The van der Waals surface area contributed by atoms with Crippen LogP contribution in [0.4, 0.5) is 0 Å². The number of amides is 1. The highest BCUT2D eigenvalue weighted by molar-refractivity contribution is 6.30. The van der Waals surface area contributed by atoms with Crippen molar-refractivity contribution >= 4 is 23.5 Å². The fourth-order valence-electron chi connectivity index (χ4n) is 1.52. The normalized spacial score (nSPS) is 24.5. The first-order chi connectivity index (χ1) is 6.04. The number of likely N-dealkylation sites (tertiary alicyclic amines) is 1. The van der Waals surface area contributed by atoms with E-state index < -0.39 is 17.4 Å². The molecule has 1 heterocycles. The van der Waals surface area contributed by atoms with Gasteiger partial charge in [0.25, 0.3) is 0 Å². The van der Waals surface area contributed by atoms with E-state index in [-0.39, 0.29) is 5.91 Å². The number of carbonyl (C=O) groups excluding carboxylic acids is 1. The average molecular weight is 206 g/mol. The predicted molar refractivity (Wildman–Crippen MR) is 47.7 cm³/mol. The molecule has 0 radical (unpaired) electrons. The fraction of sp³-hybridized carbons (Fsp3) is 0.750. The first-order valence-corrected chi connectivity index (χ1v) is 4.65. The van der Waals surface area contributed by atoms with Gasteiger partial charge in [-0.3, -0.25) is 4.79 Å². The van der Waals surface area contributed by atoms with E-state index in [0.717, 1.165) is 6.42 Å². The molecule has 1 aliphatic rings. The topological polar surface area (TPSA) is 57.6 Å². The number of halogens is 1. The molecule has 1 rings (SSSR count). The van der Waals surface area contributed by atoms with Gasteiger partial charge in [-0.25, -0.2) is 4.79 Å². The summed E-state index contributed by atoms with van der Waals surface area (Å²) in [6.07, 6.45) is 1.27. The van der Waals surface area contributed by atoms with Gasteiger partial charge in [0.1, 0.15) is 11.4 Å². The maximum Gasteiger partial charge on any atom is 0.326 e. The lowest BCUT2D eigenvalue weighted by atomic mass is 10.2. The standard InChI is InChI=1S/C8H12ClNO3/c1-5(9)7(11)10-4-2-3-6(10)8(12)13/h5-6H,2-4H2,1H3,(H,12,13)/t5-,6-/m1/s1. The number of rotatable bonds is 2. The van der Waals surface area contributed by atoms with E-state index in [1.54, 1.807) is 6.92 Å². The van der Waals surface area contributed by atoms with E-state index in [0.29, 0.717) is 13.0 Å². The van der Waals surface area contributed by atoms with Crippen LogP contribution in [0.15, 0.2) is 0 Å². The first-order valence-electron chi connectivity index (χ1n) is 4.21. The van der Waals surface area contributed by atoms with Gasteiger partial charge in [-0.2, -0.15) is 0 Å². The Morgan fingerprint density at radius 1 is 1.62 bits per heavy atom. The third-order valence-corrected chi connectivity index (χ3v) is 2.35. The lowest BCUT2D eigenvalue weighted by Crippen LogP contribution is -2.43. The summed E-state index contributed by atoms with van der Waals surface area (Å²) in [6.45, 7) is 2.06. The molecule has 13 heavy (non-hydrogen) atoms. The Balaban J connectivity index is 2.68. The molecule has 1 fully saturated rings. The molecule has 1 N–H and O–H groups in total. The second-order valence-corrected chi connectivity index (χ2v) is 3.80. The van der Waals surface area contributed by atoms with Crippen LogP contribution >= 0.6 is 11.6 Å². The predicted octanol–water partition coefficient (Wildman–Crippen LogP) is 0.689. The largest absolute Gasteiger partial charge is 0.480 e. The van der Waals surface area contributed by atoms with E-state index >= 15 is 0 Å². The molecule has 0 aliphatic carbocycles. The number of nitrogens with zero attached hydrogens (tertiary/aromatic N) is 1. The average Bonchev–Trinajstić information content (AvgIpc) is 2.50. The molecule has 1 amide bonds. The molecule has 0 bridgehead atoms. The summed E-state index contributed by atoms with van der Waals surface area (Å²) in [5, 5.41) is 8.14. The highest BCUT2D eigenvalue weighted by Crippen LogP contribution is 2.19. The van der Waals surface area contributed by atoms with Crippen molar-refractivity contribution in [3.05, 3.63) is 0 Å². The number of carboxylic acid groups (broad SMARTS) is 1. The molecule has 2 atom stereocenters. The minimum Gasteiger partial charge on any atom is -0.480 e. The Morgan fingerprint density at radius 3 is 2.69 bits per heavy atom. The molecule has 1 saturated heterocycles. The second-order valence-electron chi connectivity index (χ2n) is 3.14. The van der Waals surface area contributed by atoms with Crippen molar-refractivity contribution in [2.24, 2.45) is 0 Å². The number of hydrogen-bond donors (Lipinski definition) is 1. The van der Waals surface area contributed by atoms with Crippen molar-refractivity contribution in [1.82, 2.24) is 4.90 Å². The van der Waals surface area contributed by atoms with Gasteiger partial charge in [0.2, 0.25) is 5.91 Å². The third-order valence-electron chi connectivity index (χ3n) is 2.16. The van der Waals surface area contributed by atoms with E-state index in [4.69, 9.17) is 16.7 Å². The molecule has 1 aliphatic heterocycles. The SMILES string of the molecule is C[C@@H](Cl)C(=O)N1CCC[C@@H]1C(=O)O. The number of carboxylic acids is 1. The molecular formula is C8H12ClNO3. The van der Waals surface area contributed by atoms with Crippen LogP contribution < -0.4 is 0 Å². The molecule has 0 spiro atoms. The maximum atomic E-state index is 11.4. The summed E-state index contributed by atoms with van der Waals surface area (Å²) in [6, 6.07) is -0.673. The minimum absolute atomic E-state index is 0.286. The molecule has 74 valence electrons. The van der Waals surface area contributed by atoms with Crippen LogP contribution in [-0.2, 0) is 9.59 Å². The molecule has 0 aromatic carbocycles. The molecule has 0 aromatic rings. The maximum absolute atomic E-state index is 11.4. The first kappa shape index (κ1) is 10.3. The monoisotopic (exact) mass is 205 g/mol. The molecule has 0 unspecified atom stereocenters. The summed E-state index contributed by atoms with van der Waals surface area (Å²) in [5.74, 6) is -1.23. The summed E-state index contributed by atoms with van der Waals surface area (Å²) < 4.78 is 0. The Bertz CT molecular complexity index is 229. The molecular weight excluding hydrogens is 194 g/mol. The van der Waals surface area contributed by atoms with Crippen LogP contribution in [0.2, 0.25) is 0 Å². The van der Waals surface area contributed by atoms with Crippen LogP contribution in [0.5, 0.6) is 0 Å². The molecule has 0 aromatic heterocycles. The Labute approximate surface area is 81.5 Å². The number of alkyl halides is 1. The van der Waals surface area contributed by atoms with E-state index in [1.165, 1.54) is 4.90 Å². The van der Waals surface area contributed by atoms with Crippen molar-refractivity contribution in [2.45, 2.75) is 31.2 Å². The third kappa shape index (κ3) is 2.12. The van der Waals surface area contributed by atoms with Gasteiger partial charge in [0.05, 0.1) is 0 Å². The van der Waals surface area contributed by atoms with Crippen LogP contribution in [-0.4, -0.2) is 39.8 Å². The molecule has 5 heteroatoms. The zero-order valence-corrected chi connectivity index (χ0v) is 8.12. The van der Waals surface area contributed by atoms with Gasteiger partial charge in [-0.05, 0) is 19.8 Å². The fourth-order valence-corrected chi connectivity index (χ4v) is 1.64. The van der Waals surface area contributed by atoms with Crippen LogP contribution in [0.3, 0.4) is 0 Å². The zero-order valence-electron chi connectivity index (χ0n) is 7.36.